The minimum absolute atomic E-state index is 0.689. The van der Waals surface area contributed by atoms with Crippen molar-refractivity contribution in [2.45, 2.75) is 38.6 Å². The maximum Gasteiger partial charge on any atom is 0.142 e. The first kappa shape index (κ1) is 14.1. The zero-order chi connectivity index (χ0) is 13.5. The second-order valence-electron chi connectivity index (χ2n) is 5.21. The van der Waals surface area contributed by atoms with Crippen LogP contribution in [-0.2, 0) is 0 Å². The molecule has 0 bridgehead atoms. The lowest BCUT2D eigenvalue weighted by Gasteiger charge is -2.33. The van der Waals surface area contributed by atoms with Crippen LogP contribution < -0.4 is 16.6 Å². The third kappa shape index (κ3) is 4.36. The third-order valence-corrected chi connectivity index (χ3v) is 3.77. The normalized spacial score (nSPS) is 20.2. The SMILES string of the molecule is CC1CCCCN1CCCNc1cccc(NN)n1. The summed E-state index contributed by atoms with van der Waals surface area (Å²) < 4.78 is 0. The summed E-state index contributed by atoms with van der Waals surface area (Å²) >= 11 is 0. The molecule has 5 nitrogen and oxygen atoms in total. The van der Waals surface area contributed by atoms with Crippen molar-refractivity contribution in [1.29, 1.82) is 0 Å². The Kier molecular flexibility index (Phi) is 5.42. The van der Waals surface area contributed by atoms with Crippen LogP contribution in [0.3, 0.4) is 0 Å². The predicted octanol–water partition coefficient (Wildman–Crippen LogP) is 2.04. The van der Waals surface area contributed by atoms with E-state index in [-0.39, 0.29) is 0 Å². The van der Waals surface area contributed by atoms with Gasteiger partial charge in [-0.15, -0.1) is 0 Å². The van der Waals surface area contributed by atoms with Crippen LogP contribution in [0.5, 0.6) is 0 Å². The molecule has 1 aliphatic heterocycles. The van der Waals surface area contributed by atoms with Gasteiger partial charge < -0.3 is 15.6 Å². The van der Waals surface area contributed by atoms with Crippen LogP contribution in [0.2, 0.25) is 0 Å². The first-order chi connectivity index (χ1) is 9.29. The number of hydrogen-bond donors (Lipinski definition) is 3. The average Bonchev–Trinajstić information content (AvgIpc) is 2.45. The number of aromatic nitrogens is 1. The minimum atomic E-state index is 0.689. The molecule has 0 saturated carbocycles. The van der Waals surface area contributed by atoms with Crippen LogP contribution in [0.15, 0.2) is 18.2 Å². The topological polar surface area (TPSA) is 66.2 Å². The first-order valence-electron chi connectivity index (χ1n) is 7.21. The number of nitrogens with two attached hydrogens (primary N) is 1. The summed E-state index contributed by atoms with van der Waals surface area (Å²) in [5.41, 5.74) is 2.56. The van der Waals surface area contributed by atoms with Crippen LogP contribution >= 0.6 is 0 Å². The highest BCUT2D eigenvalue weighted by atomic mass is 15.3. The molecule has 0 aromatic carbocycles. The van der Waals surface area contributed by atoms with Gasteiger partial charge in [-0.3, -0.25) is 0 Å². The number of anilines is 2. The number of nitrogens with one attached hydrogen (secondary N) is 2. The van der Waals surface area contributed by atoms with Crippen molar-refractivity contribution in [3.8, 4) is 0 Å². The lowest BCUT2D eigenvalue weighted by molar-refractivity contribution is 0.160. The van der Waals surface area contributed by atoms with Gasteiger partial charge in [-0.05, 0) is 44.9 Å². The van der Waals surface area contributed by atoms with Crippen molar-refractivity contribution < 1.29 is 0 Å². The molecule has 106 valence electrons. The summed E-state index contributed by atoms with van der Waals surface area (Å²) in [6.45, 7) is 5.71. The van der Waals surface area contributed by atoms with Gasteiger partial charge in [-0.2, -0.15) is 0 Å². The third-order valence-electron chi connectivity index (χ3n) is 3.77. The lowest BCUT2D eigenvalue weighted by Crippen LogP contribution is -2.38. The van der Waals surface area contributed by atoms with E-state index in [1.807, 2.05) is 18.2 Å². The van der Waals surface area contributed by atoms with Gasteiger partial charge in [-0.25, -0.2) is 10.8 Å². The molecule has 1 aliphatic rings. The van der Waals surface area contributed by atoms with E-state index in [1.54, 1.807) is 0 Å². The number of piperidine rings is 1. The highest BCUT2D eigenvalue weighted by Crippen LogP contribution is 2.16. The highest BCUT2D eigenvalue weighted by molar-refractivity contribution is 5.44. The molecule has 4 N–H and O–H groups in total. The van der Waals surface area contributed by atoms with Gasteiger partial charge in [0.15, 0.2) is 0 Å². The summed E-state index contributed by atoms with van der Waals surface area (Å²) in [5.74, 6) is 6.91. The molecule has 1 aromatic heterocycles. The van der Waals surface area contributed by atoms with Crippen LogP contribution in [0, 0.1) is 0 Å². The first-order valence-corrected chi connectivity index (χ1v) is 7.21. The van der Waals surface area contributed by atoms with Crippen molar-refractivity contribution in [1.82, 2.24) is 9.88 Å². The Morgan fingerprint density at radius 3 is 3.00 bits per heavy atom. The number of hydrogen-bond acceptors (Lipinski definition) is 5. The second-order valence-corrected chi connectivity index (χ2v) is 5.21. The van der Waals surface area contributed by atoms with E-state index in [0.717, 1.165) is 24.8 Å². The number of pyridine rings is 1. The summed E-state index contributed by atoms with van der Waals surface area (Å²) in [7, 11) is 0. The van der Waals surface area contributed by atoms with Crippen molar-refractivity contribution >= 4 is 11.6 Å². The molecule has 0 spiro atoms. The van der Waals surface area contributed by atoms with Gasteiger partial charge in [0, 0.05) is 19.1 Å². The molecule has 2 heterocycles. The van der Waals surface area contributed by atoms with Gasteiger partial charge >= 0.3 is 0 Å². The largest absolute Gasteiger partial charge is 0.370 e. The fourth-order valence-corrected chi connectivity index (χ4v) is 2.60. The number of nitrogen functional groups attached to an aromatic ring is 1. The molecule has 1 aromatic rings. The van der Waals surface area contributed by atoms with Crippen LogP contribution in [-0.4, -0.2) is 35.6 Å². The van der Waals surface area contributed by atoms with Gasteiger partial charge in [0.1, 0.15) is 11.6 Å². The fourth-order valence-electron chi connectivity index (χ4n) is 2.60. The van der Waals surface area contributed by atoms with Crippen molar-refractivity contribution in [3.05, 3.63) is 18.2 Å². The molecule has 0 radical (unpaired) electrons. The Morgan fingerprint density at radius 1 is 1.37 bits per heavy atom. The molecule has 1 atom stereocenters. The maximum atomic E-state index is 5.34. The Labute approximate surface area is 115 Å². The molecule has 0 aliphatic carbocycles. The molecule has 1 saturated heterocycles. The van der Waals surface area contributed by atoms with E-state index < -0.39 is 0 Å². The number of nitrogens with zero attached hydrogens (tertiary/aromatic N) is 2. The quantitative estimate of drug-likeness (QED) is 0.416. The van der Waals surface area contributed by atoms with Gasteiger partial charge in [-0.1, -0.05) is 12.5 Å². The molecule has 5 heteroatoms. The Bertz CT molecular complexity index is 382. The van der Waals surface area contributed by atoms with Crippen LogP contribution in [0.4, 0.5) is 11.6 Å². The summed E-state index contributed by atoms with van der Waals surface area (Å²) in [6.07, 6.45) is 5.23. The van der Waals surface area contributed by atoms with E-state index in [4.69, 9.17) is 5.84 Å². The molecular weight excluding hydrogens is 238 g/mol. The van der Waals surface area contributed by atoms with Crippen molar-refractivity contribution in [2.75, 3.05) is 30.4 Å². The van der Waals surface area contributed by atoms with Gasteiger partial charge in [0.25, 0.3) is 0 Å². The molecule has 19 heavy (non-hydrogen) atoms. The predicted molar refractivity (Wildman–Crippen MR) is 80.0 cm³/mol. The lowest BCUT2D eigenvalue weighted by atomic mass is 10.0. The van der Waals surface area contributed by atoms with Crippen LogP contribution in [0.1, 0.15) is 32.6 Å². The highest BCUT2D eigenvalue weighted by Gasteiger charge is 2.16. The molecule has 1 unspecified atom stereocenters. The van der Waals surface area contributed by atoms with E-state index in [2.05, 4.69) is 27.6 Å². The second kappa shape index (κ2) is 7.31. The zero-order valence-corrected chi connectivity index (χ0v) is 11.7. The van der Waals surface area contributed by atoms with Crippen molar-refractivity contribution in [3.63, 3.8) is 0 Å². The molecular formula is C14H25N5. The van der Waals surface area contributed by atoms with E-state index in [9.17, 15) is 0 Å². The minimum Gasteiger partial charge on any atom is -0.370 e. The monoisotopic (exact) mass is 263 g/mol. The van der Waals surface area contributed by atoms with Crippen LogP contribution in [0.25, 0.3) is 0 Å². The van der Waals surface area contributed by atoms with Gasteiger partial charge in [0.2, 0.25) is 0 Å². The Balaban J connectivity index is 1.68. The summed E-state index contributed by atoms with van der Waals surface area (Å²) in [4.78, 5) is 6.92. The molecule has 1 fully saturated rings. The van der Waals surface area contributed by atoms with E-state index in [0.29, 0.717) is 5.82 Å². The zero-order valence-electron chi connectivity index (χ0n) is 11.7. The fraction of sp³-hybridized carbons (Fsp3) is 0.643. The Morgan fingerprint density at radius 2 is 2.21 bits per heavy atom. The van der Waals surface area contributed by atoms with Gasteiger partial charge in [0.05, 0.1) is 0 Å². The standard InChI is InChI=1S/C14H25N5/c1-12-6-2-3-10-19(12)11-5-9-16-13-7-4-8-14(17-13)18-15/h4,7-8,12H,2-3,5-6,9-11,15H2,1H3,(H2,16,17,18). The van der Waals surface area contributed by atoms with Crippen molar-refractivity contribution in [2.24, 2.45) is 5.84 Å². The number of rotatable bonds is 6. The smallest absolute Gasteiger partial charge is 0.142 e. The molecule has 2 rings (SSSR count). The molecule has 0 amide bonds. The maximum absolute atomic E-state index is 5.34. The van der Waals surface area contributed by atoms with E-state index >= 15 is 0 Å². The average molecular weight is 263 g/mol. The summed E-state index contributed by atoms with van der Waals surface area (Å²) in [6, 6.07) is 6.50. The van der Waals surface area contributed by atoms with E-state index in [1.165, 1.54) is 32.4 Å². The summed E-state index contributed by atoms with van der Waals surface area (Å²) in [5, 5.41) is 3.34. The number of hydrazine groups is 1. The number of likely N-dealkylation sites (tertiary alicyclic amines) is 1. The Hall–Kier alpha value is -1.33.